The number of carbonyl (C=O) groups excluding carboxylic acids is 2. The normalized spacial score (nSPS) is 20.3. The highest BCUT2D eigenvalue weighted by Gasteiger charge is 2.45. The smallest absolute Gasteiger partial charge is 0.267 e. The Kier molecular flexibility index (Phi) is 6.28. The molecule has 1 aromatic heterocycles. The lowest BCUT2D eigenvalue weighted by Crippen LogP contribution is -2.48. The highest BCUT2D eigenvalue weighted by Crippen LogP contribution is 2.32. The van der Waals surface area contributed by atoms with Crippen molar-refractivity contribution >= 4 is 11.8 Å². The summed E-state index contributed by atoms with van der Waals surface area (Å²) in [6.45, 7) is 7.02. The van der Waals surface area contributed by atoms with Crippen molar-refractivity contribution in [1.82, 2.24) is 20.5 Å². The molecule has 2 amide bonds. The lowest BCUT2D eigenvalue weighted by atomic mass is 10.2. The molecule has 1 fully saturated rings. The molecule has 1 aliphatic heterocycles. The zero-order valence-electron chi connectivity index (χ0n) is 15.6. The molecule has 0 spiro atoms. The van der Waals surface area contributed by atoms with Crippen LogP contribution in [0.15, 0.2) is 18.3 Å². The van der Waals surface area contributed by atoms with Gasteiger partial charge in [0, 0.05) is 36.8 Å². The molecule has 0 bridgehead atoms. The van der Waals surface area contributed by atoms with E-state index >= 15 is 0 Å². The summed E-state index contributed by atoms with van der Waals surface area (Å²) in [7, 11) is 0. The summed E-state index contributed by atoms with van der Waals surface area (Å²) >= 11 is 0. The van der Waals surface area contributed by atoms with Gasteiger partial charge in [-0.15, -0.1) is 0 Å². The number of nitrogens with one attached hydrogen (secondary N) is 2. The summed E-state index contributed by atoms with van der Waals surface area (Å²) < 4.78 is 27.0. The zero-order valence-corrected chi connectivity index (χ0v) is 15.6. The Hall–Kier alpha value is -2.09. The van der Waals surface area contributed by atoms with Gasteiger partial charge in [-0.1, -0.05) is 13.8 Å². The summed E-state index contributed by atoms with van der Waals surface area (Å²) in [5.74, 6) is -3.81. The lowest BCUT2D eigenvalue weighted by molar-refractivity contribution is -0.134. The predicted octanol–water partition coefficient (Wildman–Crippen LogP) is 1.95. The SMILES string of the molecule is CC(C)NCc1cc(C(=O)N[C@H](C)C(=O)N2CC(F)(F)C[C@H]2C)ccn1. The summed E-state index contributed by atoms with van der Waals surface area (Å²) in [6, 6.07) is 2.05. The molecule has 1 aliphatic rings. The van der Waals surface area contributed by atoms with E-state index in [1.807, 2.05) is 13.8 Å². The topological polar surface area (TPSA) is 74.3 Å². The molecular formula is C18H26F2N4O2. The van der Waals surface area contributed by atoms with Crippen molar-refractivity contribution < 1.29 is 18.4 Å². The fourth-order valence-electron chi connectivity index (χ4n) is 2.92. The molecule has 2 rings (SSSR count). The molecule has 1 saturated heterocycles. The number of hydrogen-bond acceptors (Lipinski definition) is 4. The molecule has 6 nitrogen and oxygen atoms in total. The van der Waals surface area contributed by atoms with Crippen LogP contribution in [-0.4, -0.2) is 52.3 Å². The number of likely N-dealkylation sites (tertiary alicyclic amines) is 1. The third kappa shape index (κ3) is 5.20. The van der Waals surface area contributed by atoms with Crippen molar-refractivity contribution in [3.63, 3.8) is 0 Å². The Morgan fingerprint density at radius 3 is 2.65 bits per heavy atom. The van der Waals surface area contributed by atoms with Crippen molar-refractivity contribution in [2.75, 3.05) is 6.54 Å². The Morgan fingerprint density at radius 2 is 2.08 bits per heavy atom. The van der Waals surface area contributed by atoms with Gasteiger partial charge in [0.1, 0.15) is 6.04 Å². The van der Waals surface area contributed by atoms with E-state index in [2.05, 4.69) is 15.6 Å². The number of nitrogens with zero attached hydrogens (tertiary/aromatic N) is 2. The molecule has 26 heavy (non-hydrogen) atoms. The number of aromatic nitrogens is 1. The highest BCUT2D eigenvalue weighted by atomic mass is 19.3. The third-order valence-corrected chi connectivity index (χ3v) is 4.30. The molecule has 2 heterocycles. The van der Waals surface area contributed by atoms with Crippen LogP contribution in [0.5, 0.6) is 0 Å². The molecule has 0 radical (unpaired) electrons. The van der Waals surface area contributed by atoms with Gasteiger partial charge in [0.15, 0.2) is 0 Å². The molecule has 0 unspecified atom stereocenters. The average Bonchev–Trinajstić information content (AvgIpc) is 2.85. The number of carbonyl (C=O) groups is 2. The van der Waals surface area contributed by atoms with Crippen molar-refractivity contribution in [1.29, 1.82) is 0 Å². The van der Waals surface area contributed by atoms with E-state index < -0.39 is 36.4 Å². The minimum Gasteiger partial charge on any atom is -0.341 e. The van der Waals surface area contributed by atoms with Gasteiger partial charge in [0.25, 0.3) is 11.8 Å². The summed E-state index contributed by atoms with van der Waals surface area (Å²) in [5, 5.41) is 5.80. The van der Waals surface area contributed by atoms with Gasteiger partial charge in [-0.05, 0) is 26.0 Å². The van der Waals surface area contributed by atoms with Gasteiger partial charge in [-0.25, -0.2) is 8.78 Å². The number of hydrogen-bond donors (Lipinski definition) is 2. The van der Waals surface area contributed by atoms with E-state index in [0.29, 0.717) is 17.8 Å². The van der Waals surface area contributed by atoms with Crippen molar-refractivity contribution in [2.45, 2.75) is 64.7 Å². The van der Waals surface area contributed by atoms with Gasteiger partial charge in [-0.2, -0.15) is 0 Å². The zero-order chi connectivity index (χ0) is 19.5. The standard InChI is InChI=1S/C18H26F2N4O2/c1-11(2)22-9-15-7-14(5-6-21-15)16(25)23-13(4)17(26)24-10-18(19,20)8-12(24)3/h5-7,11-13,22H,8-10H2,1-4H3,(H,23,25)/t12-,13-/m1/s1. The summed E-state index contributed by atoms with van der Waals surface area (Å²) in [6.07, 6.45) is 1.18. The van der Waals surface area contributed by atoms with E-state index in [1.165, 1.54) is 13.1 Å². The van der Waals surface area contributed by atoms with Gasteiger partial charge in [0.05, 0.1) is 12.2 Å². The van der Waals surface area contributed by atoms with E-state index in [1.54, 1.807) is 19.1 Å². The second-order valence-electron chi connectivity index (χ2n) is 7.14. The first-order chi connectivity index (χ1) is 12.1. The molecule has 0 saturated carbocycles. The molecule has 0 aliphatic carbocycles. The molecule has 144 valence electrons. The van der Waals surface area contributed by atoms with E-state index in [9.17, 15) is 18.4 Å². The Labute approximate surface area is 152 Å². The first kappa shape index (κ1) is 20.2. The monoisotopic (exact) mass is 368 g/mol. The van der Waals surface area contributed by atoms with Crippen LogP contribution < -0.4 is 10.6 Å². The minimum absolute atomic E-state index is 0.285. The van der Waals surface area contributed by atoms with Gasteiger partial charge < -0.3 is 15.5 Å². The first-order valence-electron chi connectivity index (χ1n) is 8.76. The van der Waals surface area contributed by atoms with Crippen LogP contribution in [0.1, 0.15) is 50.2 Å². The van der Waals surface area contributed by atoms with Gasteiger partial charge in [0.2, 0.25) is 5.91 Å². The predicted molar refractivity (Wildman–Crippen MR) is 93.9 cm³/mol. The Morgan fingerprint density at radius 1 is 1.38 bits per heavy atom. The molecule has 0 aromatic carbocycles. The Bertz CT molecular complexity index is 666. The van der Waals surface area contributed by atoms with E-state index in [-0.39, 0.29) is 12.5 Å². The molecule has 8 heteroatoms. The van der Waals surface area contributed by atoms with Gasteiger partial charge >= 0.3 is 0 Å². The maximum absolute atomic E-state index is 13.5. The summed E-state index contributed by atoms with van der Waals surface area (Å²) in [4.78, 5) is 30.1. The van der Waals surface area contributed by atoms with Crippen molar-refractivity contribution in [3.8, 4) is 0 Å². The second kappa shape index (κ2) is 8.07. The molecule has 1 aromatic rings. The van der Waals surface area contributed by atoms with Crippen LogP contribution in [0.2, 0.25) is 0 Å². The Balaban J connectivity index is 1.98. The first-order valence-corrected chi connectivity index (χ1v) is 8.76. The van der Waals surface area contributed by atoms with Crippen LogP contribution in [0, 0.1) is 0 Å². The number of rotatable bonds is 6. The van der Waals surface area contributed by atoms with E-state index in [0.717, 1.165) is 4.90 Å². The summed E-state index contributed by atoms with van der Waals surface area (Å²) in [5.41, 5.74) is 1.08. The highest BCUT2D eigenvalue weighted by molar-refractivity contribution is 5.97. The van der Waals surface area contributed by atoms with Crippen LogP contribution in [0.3, 0.4) is 0 Å². The lowest BCUT2D eigenvalue weighted by Gasteiger charge is -2.25. The molecular weight excluding hydrogens is 342 g/mol. The van der Waals surface area contributed by atoms with Crippen LogP contribution >= 0.6 is 0 Å². The minimum atomic E-state index is -2.87. The van der Waals surface area contributed by atoms with Gasteiger partial charge in [-0.3, -0.25) is 14.6 Å². The number of amides is 2. The number of alkyl halides is 2. The number of pyridine rings is 1. The van der Waals surface area contributed by atoms with Crippen LogP contribution in [-0.2, 0) is 11.3 Å². The fourth-order valence-corrected chi connectivity index (χ4v) is 2.92. The largest absolute Gasteiger partial charge is 0.341 e. The third-order valence-electron chi connectivity index (χ3n) is 4.30. The fraction of sp³-hybridized carbons (Fsp3) is 0.611. The molecule has 2 N–H and O–H groups in total. The average molecular weight is 368 g/mol. The maximum atomic E-state index is 13.5. The second-order valence-corrected chi connectivity index (χ2v) is 7.14. The van der Waals surface area contributed by atoms with Crippen LogP contribution in [0.4, 0.5) is 8.78 Å². The quantitative estimate of drug-likeness (QED) is 0.805. The van der Waals surface area contributed by atoms with Crippen LogP contribution in [0.25, 0.3) is 0 Å². The maximum Gasteiger partial charge on any atom is 0.267 e. The number of halogens is 2. The van der Waals surface area contributed by atoms with E-state index in [4.69, 9.17) is 0 Å². The van der Waals surface area contributed by atoms with Crippen molar-refractivity contribution in [2.24, 2.45) is 0 Å². The van der Waals surface area contributed by atoms with Crippen molar-refractivity contribution in [3.05, 3.63) is 29.6 Å². The molecule has 2 atom stereocenters.